The van der Waals surface area contributed by atoms with Crippen LogP contribution >= 0.6 is 23.4 Å². The van der Waals surface area contributed by atoms with Crippen LogP contribution in [-0.2, 0) is 14.6 Å². The van der Waals surface area contributed by atoms with Crippen molar-refractivity contribution >= 4 is 50.3 Å². The summed E-state index contributed by atoms with van der Waals surface area (Å²) < 4.78 is 22.7. The van der Waals surface area contributed by atoms with Gasteiger partial charge in [-0.05, 0) is 18.0 Å². The molecule has 8 nitrogen and oxygen atoms in total. The zero-order valence-electron chi connectivity index (χ0n) is 12.0. The van der Waals surface area contributed by atoms with Crippen molar-refractivity contribution in [1.82, 2.24) is 25.3 Å². The van der Waals surface area contributed by atoms with E-state index in [1.54, 1.807) is 0 Å². The van der Waals surface area contributed by atoms with Crippen LogP contribution in [0.1, 0.15) is 12.8 Å². The Morgan fingerprint density at radius 3 is 3.04 bits per heavy atom. The van der Waals surface area contributed by atoms with E-state index in [0.717, 1.165) is 0 Å². The van der Waals surface area contributed by atoms with Crippen molar-refractivity contribution in [2.75, 3.05) is 17.3 Å². The van der Waals surface area contributed by atoms with Gasteiger partial charge in [-0.1, -0.05) is 0 Å². The molecule has 124 valence electrons. The molecular weight excluding hydrogens is 362 g/mol. The standard InChI is InChI=1S/C12H14ClN5O3S2/c13-12-17-10-9(14-6-15-10)11(18-12)22-3-1-8(19)16-7-2-4-23(20,21)5-7/h6-7H,1-5H2,(H,16,19)(H,14,15,17,18)/t7-/m1/s1. The van der Waals surface area contributed by atoms with E-state index in [9.17, 15) is 13.2 Å². The highest BCUT2D eigenvalue weighted by molar-refractivity contribution is 7.99. The molecule has 3 rings (SSSR count). The number of carbonyl (C=O) groups is 1. The second kappa shape index (κ2) is 6.62. The van der Waals surface area contributed by atoms with E-state index in [2.05, 4.69) is 25.3 Å². The normalized spacial score (nSPS) is 20.0. The first-order valence-electron chi connectivity index (χ1n) is 6.92. The second-order valence-electron chi connectivity index (χ2n) is 5.16. The quantitative estimate of drug-likeness (QED) is 0.450. The van der Waals surface area contributed by atoms with Gasteiger partial charge >= 0.3 is 0 Å². The number of rotatable bonds is 5. The molecule has 3 heterocycles. The first kappa shape index (κ1) is 16.5. The van der Waals surface area contributed by atoms with Crippen molar-refractivity contribution < 1.29 is 13.2 Å². The minimum absolute atomic E-state index is 0.0299. The molecule has 0 aliphatic carbocycles. The maximum absolute atomic E-state index is 11.9. The Balaban J connectivity index is 1.53. The lowest BCUT2D eigenvalue weighted by Gasteiger charge is -2.10. The molecule has 1 amide bonds. The highest BCUT2D eigenvalue weighted by Crippen LogP contribution is 2.24. The molecule has 0 saturated carbocycles. The molecule has 0 aromatic carbocycles. The van der Waals surface area contributed by atoms with Gasteiger partial charge in [0.1, 0.15) is 10.5 Å². The highest BCUT2D eigenvalue weighted by atomic mass is 35.5. The van der Waals surface area contributed by atoms with E-state index in [0.29, 0.717) is 28.4 Å². The van der Waals surface area contributed by atoms with Gasteiger partial charge in [0, 0.05) is 18.2 Å². The molecule has 1 fully saturated rings. The van der Waals surface area contributed by atoms with Crippen LogP contribution in [0.25, 0.3) is 11.2 Å². The van der Waals surface area contributed by atoms with Crippen LogP contribution in [0.3, 0.4) is 0 Å². The van der Waals surface area contributed by atoms with E-state index in [1.165, 1.54) is 18.1 Å². The van der Waals surface area contributed by atoms with Crippen molar-refractivity contribution in [1.29, 1.82) is 0 Å². The average Bonchev–Trinajstić information content (AvgIpc) is 3.04. The molecule has 1 saturated heterocycles. The van der Waals surface area contributed by atoms with Gasteiger partial charge in [0.2, 0.25) is 11.2 Å². The maximum Gasteiger partial charge on any atom is 0.225 e. The van der Waals surface area contributed by atoms with Crippen LogP contribution in [0.2, 0.25) is 5.28 Å². The van der Waals surface area contributed by atoms with Crippen LogP contribution in [-0.4, -0.2) is 57.6 Å². The van der Waals surface area contributed by atoms with Crippen LogP contribution in [0, 0.1) is 0 Å². The molecule has 23 heavy (non-hydrogen) atoms. The van der Waals surface area contributed by atoms with Gasteiger partial charge in [0.25, 0.3) is 0 Å². The van der Waals surface area contributed by atoms with Crippen LogP contribution in [0.15, 0.2) is 11.4 Å². The zero-order chi connectivity index (χ0) is 16.4. The number of thioether (sulfide) groups is 1. The number of aromatic amines is 1. The Kier molecular flexibility index (Phi) is 4.74. The zero-order valence-corrected chi connectivity index (χ0v) is 14.3. The molecule has 11 heteroatoms. The van der Waals surface area contributed by atoms with E-state index in [4.69, 9.17) is 11.6 Å². The molecule has 2 N–H and O–H groups in total. The summed E-state index contributed by atoms with van der Waals surface area (Å²) >= 11 is 7.21. The van der Waals surface area contributed by atoms with E-state index in [-0.39, 0.29) is 35.2 Å². The summed E-state index contributed by atoms with van der Waals surface area (Å²) in [7, 11) is -2.99. The Labute approximate surface area is 141 Å². The summed E-state index contributed by atoms with van der Waals surface area (Å²) in [4.78, 5) is 27.0. The molecular formula is C12H14ClN5O3S2. The number of imidazole rings is 1. The van der Waals surface area contributed by atoms with Crippen molar-refractivity contribution in [2.24, 2.45) is 0 Å². The third kappa shape index (κ3) is 4.12. The van der Waals surface area contributed by atoms with Crippen LogP contribution in [0.4, 0.5) is 0 Å². The van der Waals surface area contributed by atoms with Gasteiger partial charge < -0.3 is 10.3 Å². The first-order valence-corrected chi connectivity index (χ1v) is 10.1. The molecule has 0 unspecified atom stereocenters. The summed E-state index contributed by atoms with van der Waals surface area (Å²) in [6.07, 6.45) is 2.25. The third-order valence-corrected chi connectivity index (χ3v) is 6.30. The number of halogens is 1. The molecule has 1 atom stereocenters. The molecule has 0 bridgehead atoms. The SMILES string of the molecule is O=C(CCSc1nc(Cl)nc2nc[nH]c12)N[C@@H]1CCS(=O)(=O)C1. The lowest BCUT2D eigenvalue weighted by molar-refractivity contribution is -0.121. The van der Waals surface area contributed by atoms with E-state index >= 15 is 0 Å². The van der Waals surface area contributed by atoms with Gasteiger partial charge in [-0.15, -0.1) is 11.8 Å². The smallest absolute Gasteiger partial charge is 0.225 e. The number of carbonyl (C=O) groups excluding carboxylic acids is 1. The van der Waals surface area contributed by atoms with Gasteiger partial charge in [0.05, 0.1) is 17.8 Å². The number of hydrogen-bond acceptors (Lipinski definition) is 7. The fourth-order valence-electron chi connectivity index (χ4n) is 2.33. The Bertz CT molecular complexity index is 838. The minimum atomic E-state index is -2.99. The Morgan fingerprint density at radius 1 is 1.48 bits per heavy atom. The number of nitrogens with one attached hydrogen (secondary N) is 2. The number of fused-ring (bicyclic) bond motifs is 1. The fraction of sp³-hybridized carbons (Fsp3) is 0.500. The van der Waals surface area contributed by atoms with E-state index < -0.39 is 9.84 Å². The Morgan fingerprint density at radius 2 is 2.30 bits per heavy atom. The van der Waals surface area contributed by atoms with Crippen LogP contribution in [0.5, 0.6) is 0 Å². The number of amides is 1. The highest BCUT2D eigenvalue weighted by Gasteiger charge is 2.28. The molecule has 2 aromatic heterocycles. The molecule has 0 spiro atoms. The predicted molar refractivity (Wildman–Crippen MR) is 87.2 cm³/mol. The van der Waals surface area contributed by atoms with Crippen molar-refractivity contribution in [3.05, 3.63) is 11.6 Å². The average molecular weight is 376 g/mol. The summed E-state index contributed by atoms with van der Waals surface area (Å²) in [5, 5.41) is 3.49. The number of nitrogens with zero attached hydrogens (tertiary/aromatic N) is 3. The van der Waals surface area contributed by atoms with Crippen molar-refractivity contribution in [3.63, 3.8) is 0 Å². The summed E-state index contributed by atoms with van der Waals surface area (Å²) in [6.45, 7) is 0. The Hall–Kier alpha value is -1.39. The fourth-order valence-corrected chi connectivity index (χ4v) is 5.15. The summed E-state index contributed by atoms with van der Waals surface area (Å²) in [5.41, 5.74) is 1.16. The number of H-pyrrole nitrogens is 1. The summed E-state index contributed by atoms with van der Waals surface area (Å²) in [6, 6.07) is -0.273. The lowest BCUT2D eigenvalue weighted by Crippen LogP contribution is -2.35. The molecule has 1 aliphatic heterocycles. The second-order valence-corrected chi connectivity index (χ2v) is 8.82. The van der Waals surface area contributed by atoms with Gasteiger partial charge in [-0.25, -0.2) is 18.4 Å². The number of hydrogen-bond donors (Lipinski definition) is 2. The molecule has 1 aliphatic rings. The lowest BCUT2D eigenvalue weighted by atomic mass is 10.2. The number of aromatic nitrogens is 4. The van der Waals surface area contributed by atoms with Crippen LogP contribution < -0.4 is 5.32 Å². The van der Waals surface area contributed by atoms with Gasteiger partial charge in [0.15, 0.2) is 15.5 Å². The monoisotopic (exact) mass is 375 g/mol. The first-order chi connectivity index (χ1) is 10.9. The minimum Gasteiger partial charge on any atom is -0.352 e. The third-order valence-electron chi connectivity index (χ3n) is 3.39. The molecule has 0 radical (unpaired) electrons. The molecule has 2 aromatic rings. The summed E-state index contributed by atoms with van der Waals surface area (Å²) in [5.74, 6) is 0.499. The topological polar surface area (TPSA) is 118 Å². The van der Waals surface area contributed by atoms with Crippen molar-refractivity contribution in [2.45, 2.75) is 23.9 Å². The predicted octanol–water partition coefficient (Wildman–Crippen LogP) is 0.792. The number of sulfone groups is 1. The largest absolute Gasteiger partial charge is 0.352 e. The van der Waals surface area contributed by atoms with Gasteiger partial charge in [-0.3, -0.25) is 4.79 Å². The van der Waals surface area contributed by atoms with E-state index in [1.807, 2.05) is 0 Å². The van der Waals surface area contributed by atoms with Gasteiger partial charge in [-0.2, -0.15) is 4.98 Å². The maximum atomic E-state index is 11.9. The van der Waals surface area contributed by atoms with Crippen molar-refractivity contribution in [3.8, 4) is 0 Å².